The number of carbonyl (C=O) groups is 3. The lowest BCUT2D eigenvalue weighted by atomic mass is 10.0. The van der Waals surface area contributed by atoms with E-state index >= 15 is 0 Å². The minimum Gasteiger partial charge on any atom is -0.495 e. The molecule has 0 saturated carbocycles. The maximum absolute atomic E-state index is 13.8. The van der Waals surface area contributed by atoms with Crippen LogP contribution < -0.4 is 25.4 Å². The minimum absolute atomic E-state index is 0.00364. The summed E-state index contributed by atoms with van der Waals surface area (Å²) in [6.07, 6.45) is 0.0611. The molecule has 0 aromatic heterocycles. The van der Waals surface area contributed by atoms with Gasteiger partial charge in [0, 0.05) is 6.42 Å². The average Bonchev–Trinajstić information content (AvgIpc) is 2.91. The first-order valence-corrected chi connectivity index (χ1v) is 11.4. The monoisotopic (exact) mass is 509 g/mol. The molecule has 0 aliphatic heterocycles. The second-order valence-corrected chi connectivity index (χ2v) is 7.88. The Kier molecular flexibility index (Phi) is 9.56. The van der Waals surface area contributed by atoms with E-state index in [4.69, 9.17) is 14.2 Å². The quantitative estimate of drug-likeness (QED) is 0.334. The number of rotatable bonds is 11. The van der Waals surface area contributed by atoms with Gasteiger partial charge in [0.05, 0.1) is 25.6 Å². The standard InChI is InChI=1S/C27H28FN3O6/c1-29-22(16-37-24-11-7-4-8-18(24)26(33)36-3)23(32)14-17-12-13-21(25(15-17)35-2)31-27(34)30-20-10-6-5-9-19(20)28/h4-13,15,22,29H,14,16H2,1-3H3,(H2,30,31,34). The van der Waals surface area contributed by atoms with Gasteiger partial charge in [-0.25, -0.2) is 14.0 Å². The molecule has 3 aromatic rings. The Morgan fingerprint density at radius 1 is 0.892 bits per heavy atom. The molecule has 0 aliphatic rings. The molecule has 9 nitrogen and oxygen atoms in total. The molecule has 0 bridgehead atoms. The first-order valence-electron chi connectivity index (χ1n) is 11.4. The Morgan fingerprint density at radius 2 is 1.59 bits per heavy atom. The van der Waals surface area contributed by atoms with Gasteiger partial charge in [0.25, 0.3) is 0 Å². The number of esters is 1. The van der Waals surface area contributed by atoms with Gasteiger partial charge < -0.3 is 30.2 Å². The van der Waals surface area contributed by atoms with Crippen molar-refractivity contribution in [2.45, 2.75) is 12.5 Å². The Hall–Kier alpha value is -4.44. The molecule has 3 rings (SSSR count). The number of halogens is 1. The van der Waals surface area contributed by atoms with E-state index in [-0.39, 0.29) is 30.1 Å². The molecule has 2 amide bonds. The van der Waals surface area contributed by atoms with E-state index in [0.29, 0.717) is 22.7 Å². The van der Waals surface area contributed by atoms with Crippen LogP contribution in [0.2, 0.25) is 0 Å². The Morgan fingerprint density at radius 3 is 2.30 bits per heavy atom. The minimum atomic E-state index is -0.652. The number of benzene rings is 3. The van der Waals surface area contributed by atoms with Crippen LogP contribution in [0.25, 0.3) is 0 Å². The molecule has 1 atom stereocenters. The Balaban J connectivity index is 1.63. The lowest BCUT2D eigenvalue weighted by Crippen LogP contribution is -2.40. The maximum atomic E-state index is 13.8. The SMILES string of the molecule is CNC(COc1ccccc1C(=O)OC)C(=O)Cc1ccc(NC(=O)Nc2ccccc2F)c(OC)c1. The molecule has 3 N–H and O–H groups in total. The first-order chi connectivity index (χ1) is 17.9. The summed E-state index contributed by atoms with van der Waals surface area (Å²) in [5.74, 6) is -0.605. The Labute approximate surface area is 213 Å². The lowest BCUT2D eigenvalue weighted by molar-refractivity contribution is -0.121. The van der Waals surface area contributed by atoms with Gasteiger partial charge in [-0.3, -0.25) is 4.79 Å². The van der Waals surface area contributed by atoms with Gasteiger partial charge >= 0.3 is 12.0 Å². The third-order valence-corrected chi connectivity index (χ3v) is 5.45. The van der Waals surface area contributed by atoms with Crippen molar-refractivity contribution in [2.75, 3.05) is 38.5 Å². The van der Waals surface area contributed by atoms with Crippen LogP contribution in [0, 0.1) is 5.82 Å². The molecule has 1 unspecified atom stereocenters. The molecule has 10 heteroatoms. The summed E-state index contributed by atoms with van der Waals surface area (Å²) < 4.78 is 29.7. The molecule has 194 valence electrons. The van der Waals surface area contributed by atoms with Crippen molar-refractivity contribution in [1.29, 1.82) is 0 Å². The fraction of sp³-hybridized carbons (Fsp3) is 0.222. The van der Waals surface area contributed by atoms with Gasteiger partial charge in [0.1, 0.15) is 35.5 Å². The number of likely N-dealkylation sites (N-methyl/N-ethyl adjacent to an activating group) is 1. The van der Waals surface area contributed by atoms with Crippen molar-refractivity contribution >= 4 is 29.2 Å². The molecule has 0 saturated heterocycles. The zero-order chi connectivity index (χ0) is 26.8. The molecular weight excluding hydrogens is 481 g/mol. The number of ether oxygens (including phenoxy) is 3. The van der Waals surface area contributed by atoms with Gasteiger partial charge in [-0.05, 0) is 49.0 Å². The largest absolute Gasteiger partial charge is 0.495 e. The van der Waals surface area contributed by atoms with Gasteiger partial charge in [-0.2, -0.15) is 0 Å². The highest BCUT2D eigenvalue weighted by atomic mass is 19.1. The highest BCUT2D eigenvalue weighted by molar-refractivity contribution is 6.00. The topological polar surface area (TPSA) is 115 Å². The molecule has 0 aliphatic carbocycles. The number of amides is 2. The number of hydrogen-bond donors (Lipinski definition) is 3. The summed E-state index contributed by atoms with van der Waals surface area (Å²) >= 11 is 0. The predicted octanol–water partition coefficient (Wildman–Crippen LogP) is 4.04. The van der Waals surface area contributed by atoms with E-state index < -0.39 is 23.9 Å². The summed E-state index contributed by atoms with van der Waals surface area (Å²) in [7, 11) is 4.35. The van der Waals surface area contributed by atoms with Gasteiger partial charge in [0.2, 0.25) is 0 Å². The van der Waals surface area contributed by atoms with Gasteiger partial charge in [-0.15, -0.1) is 0 Å². The third kappa shape index (κ3) is 7.28. The van der Waals surface area contributed by atoms with Crippen molar-refractivity contribution in [3.8, 4) is 11.5 Å². The van der Waals surface area contributed by atoms with Crippen molar-refractivity contribution in [1.82, 2.24) is 5.32 Å². The number of urea groups is 1. The van der Waals surface area contributed by atoms with Gasteiger partial charge in [-0.1, -0.05) is 30.3 Å². The van der Waals surface area contributed by atoms with E-state index in [9.17, 15) is 18.8 Å². The highest BCUT2D eigenvalue weighted by Gasteiger charge is 2.20. The summed E-state index contributed by atoms with van der Waals surface area (Å²) in [4.78, 5) is 37.2. The second kappa shape index (κ2) is 13.0. The number of ketones is 1. The molecule has 3 aromatic carbocycles. The summed E-state index contributed by atoms with van der Waals surface area (Å²) in [5.41, 5.74) is 1.30. The fourth-order valence-electron chi connectivity index (χ4n) is 3.49. The number of hydrogen-bond acceptors (Lipinski definition) is 7. The molecule has 37 heavy (non-hydrogen) atoms. The number of nitrogens with one attached hydrogen (secondary N) is 3. The van der Waals surface area contributed by atoms with E-state index in [1.54, 1.807) is 55.6 Å². The number of methoxy groups -OCH3 is 2. The zero-order valence-electron chi connectivity index (χ0n) is 20.7. The van der Waals surface area contributed by atoms with Crippen LogP contribution in [0.15, 0.2) is 66.7 Å². The normalized spacial score (nSPS) is 11.2. The van der Waals surface area contributed by atoms with Crippen molar-refractivity contribution in [2.24, 2.45) is 0 Å². The van der Waals surface area contributed by atoms with Gasteiger partial charge in [0.15, 0.2) is 5.78 Å². The fourth-order valence-corrected chi connectivity index (χ4v) is 3.49. The third-order valence-electron chi connectivity index (χ3n) is 5.45. The van der Waals surface area contributed by atoms with Crippen LogP contribution in [0.3, 0.4) is 0 Å². The number of Topliss-reactive ketones (excluding diaryl/α,β-unsaturated/α-hetero) is 1. The van der Waals surface area contributed by atoms with Crippen LogP contribution in [0.5, 0.6) is 11.5 Å². The van der Waals surface area contributed by atoms with Crippen LogP contribution in [-0.2, 0) is 16.0 Å². The average molecular weight is 510 g/mol. The van der Waals surface area contributed by atoms with Crippen LogP contribution in [0.1, 0.15) is 15.9 Å². The van der Waals surface area contributed by atoms with E-state index in [2.05, 4.69) is 16.0 Å². The van der Waals surface area contributed by atoms with Crippen LogP contribution >= 0.6 is 0 Å². The Bertz CT molecular complexity index is 1270. The smallest absolute Gasteiger partial charge is 0.341 e. The molecular formula is C27H28FN3O6. The first kappa shape index (κ1) is 27.2. The molecule has 0 heterocycles. The van der Waals surface area contributed by atoms with E-state index in [0.717, 1.165) is 0 Å². The molecule has 0 spiro atoms. The van der Waals surface area contributed by atoms with Crippen molar-refractivity contribution < 1.29 is 33.0 Å². The number of anilines is 2. The second-order valence-electron chi connectivity index (χ2n) is 7.88. The van der Waals surface area contributed by atoms with Crippen LogP contribution in [0.4, 0.5) is 20.6 Å². The van der Waals surface area contributed by atoms with E-state index in [1.807, 2.05) is 0 Å². The molecule has 0 fully saturated rings. The lowest BCUT2D eigenvalue weighted by Gasteiger charge is -2.18. The van der Waals surface area contributed by atoms with Crippen molar-refractivity contribution in [3.63, 3.8) is 0 Å². The van der Waals surface area contributed by atoms with Crippen LogP contribution in [-0.4, -0.2) is 51.7 Å². The summed E-state index contributed by atoms with van der Waals surface area (Å²) in [6, 6.07) is 16.0. The number of para-hydroxylation sites is 2. The summed E-state index contributed by atoms with van der Waals surface area (Å²) in [6.45, 7) is -0.00364. The van der Waals surface area contributed by atoms with Crippen molar-refractivity contribution in [3.05, 3.63) is 83.7 Å². The summed E-state index contributed by atoms with van der Waals surface area (Å²) in [5, 5.41) is 7.98. The number of carbonyl (C=O) groups excluding carboxylic acids is 3. The zero-order valence-corrected chi connectivity index (χ0v) is 20.7. The predicted molar refractivity (Wildman–Crippen MR) is 137 cm³/mol. The highest BCUT2D eigenvalue weighted by Crippen LogP contribution is 2.27. The van der Waals surface area contributed by atoms with E-state index in [1.165, 1.54) is 32.4 Å². The molecule has 0 radical (unpaired) electrons. The maximum Gasteiger partial charge on any atom is 0.341 e.